The molecule has 0 saturated carbocycles. The maximum atomic E-state index is 13.2. The van der Waals surface area contributed by atoms with Gasteiger partial charge in [0.15, 0.2) is 11.5 Å². The predicted octanol–water partition coefficient (Wildman–Crippen LogP) is 4.73. The molecule has 3 heterocycles. The first kappa shape index (κ1) is 25.8. The number of carbonyl (C=O) groups is 1. The summed E-state index contributed by atoms with van der Waals surface area (Å²) >= 11 is 0. The van der Waals surface area contributed by atoms with E-state index in [0.29, 0.717) is 30.1 Å². The Morgan fingerprint density at radius 2 is 1.92 bits per heavy atom. The highest BCUT2D eigenvalue weighted by molar-refractivity contribution is 5.96. The van der Waals surface area contributed by atoms with Crippen LogP contribution in [0.15, 0.2) is 24.3 Å². The number of aromatic nitrogens is 2. The van der Waals surface area contributed by atoms with Crippen LogP contribution in [0.2, 0.25) is 0 Å². The van der Waals surface area contributed by atoms with Crippen LogP contribution in [-0.2, 0) is 16.0 Å². The molecule has 8 nitrogen and oxygen atoms in total. The van der Waals surface area contributed by atoms with E-state index >= 15 is 0 Å². The Hall–Kier alpha value is -3.83. The lowest BCUT2D eigenvalue weighted by Crippen LogP contribution is -2.47. The van der Waals surface area contributed by atoms with Crippen LogP contribution < -0.4 is 9.47 Å². The normalized spacial score (nSPS) is 21.1. The van der Waals surface area contributed by atoms with Gasteiger partial charge in [-0.1, -0.05) is 6.07 Å². The number of rotatable bonds is 5. The molecule has 1 fully saturated rings. The fraction of sp³-hybridized carbons (Fsp3) is 0.433. The van der Waals surface area contributed by atoms with Crippen LogP contribution in [0.3, 0.4) is 0 Å². The molecule has 1 amide bonds. The van der Waals surface area contributed by atoms with E-state index in [1.54, 1.807) is 26.4 Å². The molecule has 1 aliphatic carbocycles. The van der Waals surface area contributed by atoms with Gasteiger partial charge >= 0.3 is 0 Å². The van der Waals surface area contributed by atoms with Gasteiger partial charge in [0.2, 0.25) is 5.91 Å². The third-order valence-corrected chi connectivity index (χ3v) is 7.57. The molecule has 0 bridgehead atoms. The third kappa shape index (κ3) is 4.31. The lowest BCUT2D eigenvalue weighted by Gasteiger charge is -2.34. The molecule has 2 aliphatic rings. The standard InChI is InChI=1S/C30H34N4O4/c1-17-13-18(2)32-30-28(17)23(14-31)25(10-12-27(35)33-15-19(3)38-20(4)16-33)34(30)24-9-7-22-21(24)8-11-26(36-5)29(22)37-6/h8,10-13,19-20,24H,7,9,15-16H2,1-6H3. The van der Waals surface area contributed by atoms with Crippen molar-refractivity contribution in [1.29, 1.82) is 5.26 Å². The minimum atomic E-state index is -0.0909. The van der Waals surface area contributed by atoms with E-state index in [1.807, 2.05) is 44.7 Å². The van der Waals surface area contributed by atoms with Crippen LogP contribution >= 0.6 is 0 Å². The molecule has 5 rings (SSSR count). The average molecular weight is 515 g/mol. The molecule has 3 aromatic rings. The molecule has 3 atom stereocenters. The van der Waals surface area contributed by atoms with Gasteiger partial charge in [-0.2, -0.15) is 5.26 Å². The Morgan fingerprint density at radius 1 is 1.18 bits per heavy atom. The van der Waals surface area contributed by atoms with E-state index < -0.39 is 0 Å². The number of nitriles is 1. The summed E-state index contributed by atoms with van der Waals surface area (Å²) in [5, 5.41) is 11.1. The van der Waals surface area contributed by atoms with Gasteiger partial charge in [-0.25, -0.2) is 4.98 Å². The number of nitrogens with zero attached hydrogens (tertiary/aromatic N) is 4. The number of morpholine rings is 1. The molecule has 198 valence electrons. The lowest BCUT2D eigenvalue weighted by atomic mass is 10.1. The number of pyridine rings is 1. The van der Waals surface area contributed by atoms with E-state index in [0.717, 1.165) is 52.0 Å². The summed E-state index contributed by atoms with van der Waals surface area (Å²) < 4.78 is 19.2. The monoisotopic (exact) mass is 514 g/mol. The number of carbonyl (C=O) groups excluding carboxylic acids is 1. The maximum absolute atomic E-state index is 13.2. The summed E-state index contributed by atoms with van der Waals surface area (Å²) in [6, 6.07) is 8.35. The first-order valence-corrected chi connectivity index (χ1v) is 13.1. The molecule has 1 aliphatic heterocycles. The fourth-order valence-electron chi connectivity index (χ4n) is 6.15. The van der Waals surface area contributed by atoms with Gasteiger partial charge in [-0.3, -0.25) is 4.79 Å². The Morgan fingerprint density at radius 3 is 2.58 bits per heavy atom. The van der Waals surface area contributed by atoms with E-state index in [4.69, 9.17) is 19.2 Å². The number of benzene rings is 1. The Bertz CT molecular complexity index is 1470. The molecule has 38 heavy (non-hydrogen) atoms. The molecule has 3 unspecified atom stereocenters. The number of methoxy groups -OCH3 is 2. The summed E-state index contributed by atoms with van der Waals surface area (Å²) in [7, 11) is 3.30. The largest absolute Gasteiger partial charge is 0.493 e. The number of fused-ring (bicyclic) bond motifs is 2. The molecule has 8 heteroatoms. The van der Waals surface area contributed by atoms with Crippen LogP contribution in [0.4, 0.5) is 0 Å². The van der Waals surface area contributed by atoms with Gasteiger partial charge in [-0.15, -0.1) is 0 Å². The summed E-state index contributed by atoms with van der Waals surface area (Å²) in [6.45, 7) is 9.00. The quantitative estimate of drug-likeness (QED) is 0.458. The average Bonchev–Trinajstić information content (AvgIpc) is 3.44. The Kier molecular flexibility index (Phi) is 6.89. The molecule has 0 radical (unpaired) electrons. The Balaban J connectivity index is 1.67. The highest BCUT2D eigenvalue weighted by Gasteiger charge is 2.33. The van der Waals surface area contributed by atoms with Crippen molar-refractivity contribution in [3.63, 3.8) is 0 Å². The van der Waals surface area contributed by atoms with E-state index in [2.05, 4.69) is 16.7 Å². The Labute approximate surface area is 223 Å². The van der Waals surface area contributed by atoms with E-state index in [9.17, 15) is 10.1 Å². The first-order valence-electron chi connectivity index (χ1n) is 13.1. The number of ether oxygens (including phenoxy) is 3. The van der Waals surface area contributed by atoms with Crippen molar-refractivity contribution in [2.75, 3.05) is 27.3 Å². The maximum Gasteiger partial charge on any atom is 0.246 e. The first-order chi connectivity index (χ1) is 18.3. The zero-order valence-electron chi connectivity index (χ0n) is 22.9. The number of hydrogen-bond donors (Lipinski definition) is 0. The van der Waals surface area contributed by atoms with Gasteiger partial charge in [0.05, 0.1) is 43.7 Å². The topological polar surface area (TPSA) is 89.6 Å². The minimum Gasteiger partial charge on any atom is -0.493 e. The second-order valence-electron chi connectivity index (χ2n) is 10.3. The highest BCUT2D eigenvalue weighted by Crippen LogP contribution is 2.46. The van der Waals surface area contributed by atoms with Gasteiger partial charge in [-0.05, 0) is 69.9 Å². The zero-order valence-corrected chi connectivity index (χ0v) is 22.9. The van der Waals surface area contributed by atoms with Gasteiger partial charge in [0.25, 0.3) is 0 Å². The van der Waals surface area contributed by atoms with E-state index in [1.165, 1.54) is 0 Å². The van der Waals surface area contributed by atoms with Crippen LogP contribution in [0.25, 0.3) is 17.1 Å². The van der Waals surface area contributed by atoms with E-state index in [-0.39, 0.29) is 24.2 Å². The molecular weight excluding hydrogens is 480 g/mol. The molecule has 1 aromatic carbocycles. The van der Waals surface area contributed by atoms with Crippen molar-refractivity contribution in [3.05, 3.63) is 57.9 Å². The second kappa shape index (κ2) is 10.1. The minimum absolute atomic E-state index is 0.0194. The van der Waals surface area contributed by atoms with Crippen molar-refractivity contribution in [2.24, 2.45) is 0 Å². The zero-order chi connectivity index (χ0) is 27.1. The molecule has 0 spiro atoms. The third-order valence-electron chi connectivity index (χ3n) is 7.57. The summed E-state index contributed by atoms with van der Waals surface area (Å²) in [5.74, 6) is 1.35. The molecular formula is C30H34N4O4. The molecule has 1 saturated heterocycles. The molecule has 2 aromatic heterocycles. The van der Waals surface area contributed by atoms with Crippen LogP contribution in [0.5, 0.6) is 11.5 Å². The highest BCUT2D eigenvalue weighted by atomic mass is 16.5. The predicted molar refractivity (Wildman–Crippen MR) is 146 cm³/mol. The molecule has 0 N–H and O–H groups in total. The number of aryl methyl sites for hydroxylation is 2. The summed E-state index contributed by atoms with van der Waals surface area (Å²) in [4.78, 5) is 19.9. The van der Waals surface area contributed by atoms with Gasteiger partial charge < -0.3 is 23.7 Å². The van der Waals surface area contributed by atoms with Crippen LogP contribution in [-0.4, -0.2) is 59.9 Å². The fourth-order valence-corrected chi connectivity index (χ4v) is 6.15. The van der Waals surface area contributed by atoms with Gasteiger partial charge in [0, 0.05) is 35.8 Å². The van der Waals surface area contributed by atoms with Gasteiger partial charge in [0.1, 0.15) is 11.7 Å². The van der Waals surface area contributed by atoms with Crippen molar-refractivity contribution in [1.82, 2.24) is 14.5 Å². The van der Waals surface area contributed by atoms with Crippen LogP contribution in [0.1, 0.15) is 60.0 Å². The van der Waals surface area contributed by atoms with Crippen molar-refractivity contribution in [2.45, 2.75) is 58.8 Å². The van der Waals surface area contributed by atoms with Crippen molar-refractivity contribution in [3.8, 4) is 17.6 Å². The summed E-state index contributed by atoms with van der Waals surface area (Å²) in [6.07, 6.45) is 4.96. The SMILES string of the molecule is COc1ccc2c(c1OC)CCC2n1c(C=CC(=O)N2CC(C)OC(C)C2)c(C#N)c2c(C)cc(C)nc21. The summed E-state index contributed by atoms with van der Waals surface area (Å²) in [5.41, 5.74) is 6.07. The van der Waals surface area contributed by atoms with Crippen LogP contribution in [0, 0.1) is 25.2 Å². The number of amides is 1. The smallest absolute Gasteiger partial charge is 0.246 e. The lowest BCUT2D eigenvalue weighted by molar-refractivity contribution is -0.137. The van der Waals surface area contributed by atoms with Crippen molar-refractivity contribution >= 4 is 23.0 Å². The second-order valence-corrected chi connectivity index (χ2v) is 10.3. The number of hydrogen-bond acceptors (Lipinski definition) is 6. The van der Waals surface area contributed by atoms with Crippen molar-refractivity contribution < 1.29 is 19.0 Å².